The molecule has 0 aromatic rings. The fraction of sp³-hybridized carbons (Fsp3) is 0.417. The summed E-state index contributed by atoms with van der Waals surface area (Å²) < 4.78 is 4.85. The Kier molecular flexibility index (Phi) is 4.15. The summed E-state index contributed by atoms with van der Waals surface area (Å²) >= 11 is 0. The van der Waals surface area contributed by atoms with Crippen molar-refractivity contribution in [2.24, 2.45) is 5.84 Å². The van der Waals surface area contributed by atoms with E-state index in [0.29, 0.717) is 6.42 Å². The van der Waals surface area contributed by atoms with E-state index in [9.17, 15) is 4.79 Å². The SMILES string of the molecule is CCC(=O)OCC#CC1(C)C=CC=CN1N. The maximum atomic E-state index is 10.9. The number of hydrogen-bond acceptors (Lipinski definition) is 4. The topological polar surface area (TPSA) is 55.6 Å². The second kappa shape index (κ2) is 5.38. The predicted molar refractivity (Wildman–Crippen MR) is 61.7 cm³/mol. The van der Waals surface area contributed by atoms with Crippen molar-refractivity contribution in [3.05, 3.63) is 24.4 Å². The zero-order chi connectivity index (χ0) is 12.0. The standard InChI is InChI=1S/C12H16N2O2/c1-3-11(15)16-10-6-8-12(2)7-4-5-9-14(12)13/h4-5,7,9H,3,10,13H2,1-2H3. The molecule has 1 aliphatic heterocycles. The van der Waals surface area contributed by atoms with Crippen molar-refractivity contribution in [2.75, 3.05) is 6.61 Å². The molecule has 2 N–H and O–H groups in total. The number of nitrogens with zero attached hydrogens (tertiary/aromatic N) is 1. The van der Waals surface area contributed by atoms with E-state index in [1.54, 1.807) is 13.1 Å². The highest BCUT2D eigenvalue weighted by molar-refractivity contribution is 5.69. The van der Waals surface area contributed by atoms with Crippen LogP contribution in [0.2, 0.25) is 0 Å². The number of carbonyl (C=O) groups is 1. The van der Waals surface area contributed by atoms with E-state index in [0.717, 1.165) is 0 Å². The third-order valence-corrected chi connectivity index (χ3v) is 2.25. The Labute approximate surface area is 95.7 Å². The van der Waals surface area contributed by atoms with Gasteiger partial charge in [0.2, 0.25) is 0 Å². The molecule has 1 atom stereocenters. The normalized spacial score (nSPS) is 22.6. The first kappa shape index (κ1) is 12.3. The summed E-state index contributed by atoms with van der Waals surface area (Å²) in [5, 5.41) is 1.52. The number of carbonyl (C=O) groups excluding carboxylic acids is 1. The number of hydrazine groups is 1. The molecule has 0 aliphatic carbocycles. The van der Waals surface area contributed by atoms with Crippen molar-refractivity contribution in [1.82, 2.24) is 5.01 Å². The van der Waals surface area contributed by atoms with Crippen LogP contribution in [0.1, 0.15) is 20.3 Å². The predicted octanol–water partition coefficient (Wildman–Crippen LogP) is 0.961. The quantitative estimate of drug-likeness (QED) is 0.428. The summed E-state index contributed by atoms with van der Waals surface area (Å²) in [4.78, 5) is 10.9. The van der Waals surface area contributed by atoms with Gasteiger partial charge in [0.15, 0.2) is 6.61 Å². The maximum absolute atomic E-state index is 10.9. The zero-order valence-electron chi connectivity index (χ0n) is 9.56. The lowest BCUT2D eigenvalue weighted by atomic mass is 10.0. The summed E-state index contributed by atoms with van der Waals surface area (Å²) in [6.45, 7) is 3.74. The molecule has 0 fully saturated rings. The molecule has 1 unspecified atom stereocenters. The maximum Gasteiger partial charge on any atom is 0.306 e. The molecule has 1 heterocycles. The third kappa shape index (κ3) is 3.14. The molecule has 0 aromatic carbocycles. The first-order chi connectivity index (χ1) is 7.58. The molecule has 0 aromatic heterocycles. The van der Waals surface area contributed by atoms with Gasteiger partial charge < -0.3 is 4.74 Å². The molecule has 0 spiro atoms. The van der Waals surface area contributed by atoms with Crippen molar-refractivity contribution in [3.8, 4) is 11.8 Å². The second-order valence-electron chi connectivity index (χ2n) is 3.57. The lowest BCUT2D eigenvalue weighted by molar-refractivity contribution is -0.141. The van der Waals surface area contributed by atoms with Crippen LogP contribution in [0.25, 0.3) is 0 Å². The highest BCUT2D eigenvalue weighted by Crippen LogP contribution is 2.16. The van der Waals surface area contributed by atoms with E-state index in [1.165, 1.54) is 5.01 Å². The van der Waals surface area contributed by atoms with Crippen LogP contribution in [-0.4, -0.2) is 23.1 Å². The average molecular weight is 220 g/mol. The van der Waals surface area contributed by atoms with Crippen LogP contribution < -0.4 is 5.84 Å². The molecule has 4 heteroatoms. The Bertz CT molecular complexity index is 376. The van der Waals surface area contributed by atoms with Gasteiger partial charge in [-0.3, -0.25) is 9.80 Å². The first-order valence-corrected chi connectivity index (χ1v) is 5.14. The van der Waals surface area contributed by atoms with Crippen LogP contribution in [0.5, 0.6) is 0 Å². The number of rotatable bonds is 2. The van der Waals surface area contributed by atoms with E-state index < -0.39 is 5.54 Å². The monoisotopic (exact) mass is 220 g/mol. The number of nitrogens with two attached hydrogens (primary N) is 1. The second-order valence-corrected chi connectivity index (χ2v) is 3.57. The zero-order valence-corrected chi connectivity index (χ0v) is 9.56. The van der Waals surface area contributed by atoms with Gasteiger partial charge in [-0.15, -0.1) is 0 Å². The molecule has 0 saturated carbocycles. The van der Waals surface area contributed by atoms with Gasteiger partial charge in [-0.2, -0.15) is 0 Å². The van der Waals surface area contributed by atoms with Gasteiger partial charge in [0.25, 0.3) is 0 Å². The summed E-state index contributed by atoms with van der Waals surface area (Å²) in [5.41, 5.74) is -0.534. The molecule has 0 radical (unpaired) electrons. The van der Waals surface area contributed by atoms with Crippen molar-refractivity contribution in [3.63, 3.8) is 0 Å². The van der Waals surface area contributed by atoms with Crippen molar-refractivity contribution < 1.29 is 9.53 Å². The van der Waals surface area contributed by atoms with E-state index in [2.05, 4.69) is 11.8 Å². The summed E-state index contributed by atoms with van der Waals surface area (Å²) in [5.74, 6) is 11.3. The Morgan fingerprint density at radius 2 is 2.31 bits per heavy atom. The minimum Gasteiger partial charge on any atom is -0.452 e. The summed E-state index contributed by atoms with van der Waals surface area (Å²) in [6, 6.07) is 0. The lowest BCUT2D eigenvalue weighted by Gasteiger charge is -2.31. The fourth-order valence-electron chi connectivity index (χ4n) is 1.17. The van der Waals surface area contributed by atoms with Crippen LogP contribution in [-0.2, 0) is 9.53 Å². The van der Waals surface area contributed by atoms with Crippen LogP contribution in [0.4, 0.5) is 0 Å². The molecule has 4 nitrogen and oxygen atoms in total. The number of ether oxygens (including phenoxy) is 1. The van der Waals surface area contributed by atoms with Crippen molar-refractivity contribution in [1.29, 1.82) is 0 Å². The van der Waals surface area contributed by atoms with Gasteiger partial charge in [-0.25, -0.2) is 5.84 Å². The largest absolute Gasteiger partial charge is 0.452 e. The van der Waals surface area contributed by atoms with Crippen molar-refractivity contribution >= 4 is 5.97 Å². The van der Waals surface area contributed by atoms with Crippen LogP contribution >= 0.6 is 0 Å². The van der Waals surface area contributed by atoms with Crippen LogP contribution in [0.3, 0.4) is 0 Å². The van der Waals surface area contributed by atoms with E-state index in [4.69, 9.17) is 10.6 Å². The molecular weight excluding hydrogens is 204 g/mol. The molecule has 86 valence electrons. The van der Waals surface area contributed by atoms with Crippen LogP contribution in [0.15, 0.2) is 24.4 Å². The Morgan fingerprint density at radius 3 is 2.94 bits per heavy atom. The minimum absolute atomic E-state index is 0.105. The van der Waals surface area contributed by atoms with Gasteiger partial charge >= 0.3 is 5.97 Å². The number of allylic oxidation sites excluding steroid dienone is 2. The molecule has 0 bridgehead atoms. The Hall–Kier alpha value is -1.73. The molecule has 16 heavy (non-hydrogen) atoms. The average Bonchev–Trinajstić information content (AvgIpc) is 2.28. The molecular formula is C12H16N2O2. The van der Waals surface area contributed by atoms with Crippen molar-refractivity contribution in [2.45, 2.75) is 25.8 Å². The van der Waals surface area contributed by atoms with Crippen LogP contribution in [0, 0.1) is 11.8 Å². The van der Waals surface area contributed by atoms with Gasteiger partial charge in [0, 0.05) is 12.6 Å². The summed E-state index contributed by atoms with van der Waals surface area (Å²) in [6.07, 6.45) is 7.72. The highest BCUT2D eigenvalue weighted by Gasteiger charge is 2.23. The van der Waals surface area contributed by atoms with Gasteiger partial charge in [0.1, 0.15) is 5.54 Å². The number of esters is 1. The Balaban J connectivity index is 2.53. The molecule has 1 aliphatic rings. The smallest absolute Gasteiger partial charge is 0.306 e. The first-order valence-electron chi connectivity index (χ1n) is 5.14. The van der Waals surface area contributed by atoms with E-state index in [-0.39, 0.29) is 12.6 Å². The van der Waals surface area contributed by atoms with Gasteiger partial charge in [0.05, 0.1) is 0 Å². The lowest BCUT2D eigenvalue weighted by Crippen LogP contribution is -2.45. The summed E-state index contributed by atoms with van der Waals surface area (Å²) in [7, 11) is 0. The van der Waals surface area contributed by atoms with E-state index >= 15 is 0 Å². The molecule has 1 rings (SSSR count). The molecule has 0 saturated heterocycles. The molecule has 0 amide bonds. The van der Waals surface area contributed by atoms with E-state index in [1.807, 2.05) is 25.2 Å². The van der Waals surface area contributed by atoms with Gasteiger partial charge in [-0.05, 0) is 19.1 Å². The number of hydrogen-bond donors (Lipinski definition) is 1. The minimum atomic E-state index is -0.534. The Morgan fingerprint density at radius 1 is 1.56 bits per heavy atom. The van der Waals surface area contributed by atoms with Gasteiger partial charge in [-0.1, -0.05) is 24.8 Å². The third-order valence-electron chi connectivity index (χ3n) is 2.25. The fourth-order valence-corrected chi connectivity index (χ4v) is 1.17. The highest BCUT2D eigenvalue weighted by atomic mass is 16.5.